The lowest BCUT2D eigenvalue weighted by atomic mass is 10.2. The van der Waals surface area contributed by atoms with Crippen molar-refractivity contribution in [3.8, 4) is 0 Å². The minimum absolute atomic E-state index is 0.302. The monoisotopic (exact) mass is 480 g/mol. The predicted molar refractivity (Wildman–Crippen MR) is 144 cm³/mol. The standard InChI is InChI=1S/C27H40N6O2/c1-8-25(28)33(17-11-16-32(6)7)19-21-14-15-24(29-18-21)26(34)31-23-13-10-9-12-22(23)30-20(2)35-27(3,4)5/h8-10,12-15,18,30H,2,11,16-17,19,28H2,1,3-7H3,(H,31,34)/b25-8-. The van der Waals surface area contributed by atoms with Gasteiger partial charge in [-0.15, -0.1) is 0 Å². The Morgan fingerprint density at radius 3 is 2.31 bits per heavy atom. The number of rotatable bonds is 12. The van der Waals surface area contributed by atoms with Gasteiger partial charge in [-0.05, 0) is 91.2 Å². The number of carbonyl (C=O) groups is 1. The van der Waals surface area contributed by atoms with E-state index < -0.39 is 0 Å². The van der Waals surface area contributed by atoms with Crippen molar-refractivity contribution in [2.75, 3.05) is 37.8 Å². The van der Waals surface area contributed by atoms with E-state index in [1.165, 1.54) is 0 Å². The highest BCUT2D eigenvalue weighted by molar-refractivity contribution is 6.04. The first-order valence-electron chi connectivity index (χ1n) is 11.8. The normalized spacial score (nSPS) is 11.8. The number of allylic oxidation sites excluding steroid dienone is 1. The number of carbonyl (C=O) groups excluding carboxylic acids is 1. The summed E-state index contributed by atoms with van der Waals surface area (Å²) in [5.41, 5.74) is 8.41. The molecule has 0 saturated heterocycles. The van der Waals surface area contributed by atoms with Crippen molar-refractivity contribution in [1.29, 1.82) is 0 Å². The minimum Gasteiger partial charge on any atom is -0.474 e. The zero-order chi connectivity index (χ0) is 26.0. The van der Waals surface area contributed by atoms with Gasteiger partial charge in [0, 0.05) is 19.3 Å². The smallest absolute Gasteiger partial charge is 0.274 e. The molecule has 0 bridgehead atoms. The molecule has 190 valence electrons. The fourth-order valence-corrected chi connectivity index (χ4v) is 3.37. The van der Waals surface area contributed by atoms with Crippen molar-refractivity contribution in [2.45, 2.75) is 46.3 Å². The van der Waals surface area contributed by atoms with E-state index in [1.807, 2.05) is 64.1 Å². The van der Waals surface area contributed by atoms with Crippen LogP contribution >= 0.6 is 0 Å². The summed E-state index contributed by atoms with van der Waals surface area (Å²) in [6.45, 7) is 14.1. The van der Waals surface area contributed by atoms with Crippen molar-refractivity contribution in [3.05, 3.63) is 78.2 Å². The van der Waals surface area contributed by atoms with E-state index in [0.717, 1.165) is 30.9 Å². The second-order valence-electron chi connectivity index (χ2n) is 9.61. The van der Waals surface area contributed by atoms with Crippen molar-refractivity contribution >= 4 is 17.3 Å². The second kappa shape index (κ2) is 12.8. The number of nitrogens with one attached hydrogen (secondary N) is 2. The maximum absolute atomic E-state index is 12.9. The Morgan fingerprint density at radius 1 is 1.11 bits per heavy atom. The molecule has 1 aromatic carbocycles. The third-order valence-electron chi connectivity index (χ3n) is 5.00. The molecule has 1 amide bonds. The summed E-state index contributed by atoms with van der Waals surface area (Å²) in [4.78, 5) is 21.5. The third kappa shape index (κ3) is 9.70. The van der Waals surface area contributed by atoms with Crippen LogP contribution in [0, 0.1) is 0 Å². The molecular formula is C27H40N6O2. The molecule has 4 N–H and O–H groups in total. The summed E-state index contributed by atoms with van der Waals surface area (Å²) in [7, 11) is 4.11. The summed E-state index contributed by atoms with van der Waals surface area (Å²) in [6, 6.07) is 11.0. The Labute approximate surface area is 209 Å². The van der Waals surface area contributed by atoms with Gasteiger partial charge in [0.25, 0.3) is 5.91 Å². The SMILES string of the molecule is C=C(Nc1ccccc1NC(=O)c1ccc(CN(CCCN(C)C)/C(N)=C\C)cn1)OC(C)(C)C. The van der Waals surface area contributed by atoms with E-state index in [9.17, 15) is 4.79 Å². The number of hydrogen-bond acceptors (Lipinski definition) is 7. The molecule has 0 saturated carbocycles. The van der Waals surface area contributed by atoms with Crippen molar-refractivity contribution in [2.24, 2.45) is 5.73 Å². The summed E-state index contributed by atoms with van der Waals surface area (Å²) >= 11 is 0. The number of anilines is 2. The summed E-state index contributed by atoms with van der Waals surface area (Å²) in [6.07, 6.45) is 4.62. The molecule has 0 atom stereocenters. The van der Waals surface area contributed by atoms with Crippen LogP contribution in [0.5, 0.6) is 0 Å². The van der Waals surface area contributed by atoms with Gasteiger partial charge in [-0.1, -0.05) is 18.2 Å². The number of benzene rings is 1. The maximum Gasteiger partial charge on any atom is 0.274 e. The predicted octanol–water partition coefficient (Wildman–Crippen LogP) is 4.61. The topological polar surface area (TPSA) is 95.8 Å². The van der Waals surface area contributed by atoms with Gasteiger partial charge in [0.05, 0.1) is 17.2 Å². The molecule has 0 aliphatic rings. The summed E-state index contributed by atoms with van der Waals surface area (Å²) in [5.74, 6) is 0.827. The molecule has 0 unspecified atom stereocenters. The molecule has 0 fully saturated rings. The number of amides is 1. The van der Waals surface area contributed by atoms with E-state index in [1.54, 1.807) is 12.3 Å². The fraction of sp³-hybridized carbons (Fsp3) is 0.407. The van der Waals surface area contributed by atoms with E-state index >= 15 is 0 Å². The van der Waals surface area contributed by atoms with Gasteiger partial charge < -0.3 is 30.9 Å². The fourth-order valence-electron chi connectivity index (χ4n) is 3.37. The van der Waals surface area contributed by atoms with E-state index in [2.05, 4.69) is 46.1 Å². The van der Waals surface area contributed by atoms with Crippen LogP contribution in [-0.2, 0) is 11.3 Å². The number of para-hydroxylation sites is 2. The lowest BCUT2D eigenvalue weighted by molar-refractivity contribution is 0.0565. The highest BCUT2D eigenvalue weighted by Crippen LogP contribution is 2.24. The minimum atomic E-state index is -0.381. The first-order chi connectivity index (χ1) is 16.5. The zero-order valence-corrected chi connectivity index (χ0v) is 21.9. The Bertz CT molecular complexity index is 1010. The highest BCUT2D eigenvalue weighted by Gasteiger charge is 2.15. The van der Waals surface area contributed by atoms with Crippen LogP contribution in [0.15, 0.2) is 67.0 Å². The number of hydrogen-bond donors (Lipinski definition) is 3. The average Bonchev–Trinajstić information content (AvgIpc) is 2.78. The highest BCUT2D eigenvalue weighted by atomic mass is 16.5. The van der Waals surface area contributed by atoms with Gasteiger partial charge in [0.2, 0.25) is 0 Å². The molecule has 0 aliphatic heterocycles. The summed E-state index contributed by atoms with van der Waals surface area (Å²) in [5, 5.41) is 6.03. The molecule has 1 heterocycles. The molecule has 2 aromatic rings. The lowest BCUT2D eigenvalue weighted by Gasteiger charge is -2.25. The molecule has 8 heteroatoms. The number of nitrogens with two attached hydrogens (primary N) is 1. The number of pyridine rings is 1. The van der Waals surface area contributed by atoms with Gasteiger partial charge in [0.15, 0.2) is 5.88 Å². The lowest BCUT2D eigenvalue weighted by Crippen LogP contribution is -2.30. The Balaban J connectivity index is 2.05. The maximum atomic E-state index is 12.9. The molecule has 1 aromatic heterocycles. The quantitative estimate of drug-likeness (QED) is 0.382. The molecule has 8 nitrogen and oxygen atoms in total. The van der Waals surface area contributed by atoms with Gasteiger partial charge in [-0.25, -0.2) is 0 Å². The number of nitrogens with zero attached hydrogens (tertiary/aromatic N) is 3. The van der Waals surface area contributed by atoms with Crippen LogP contribution in [0.4, 0.5) is 11.4 Å². The second-order valence-corrected chi connectivity index (χ2v) is 9.61. The molecule has 0 spiro atoms. The van der Waals surface area contributed by atoms with Crippen LogP contribution in [-0.4, -0.2) is 53.5 Å². The number of aromatic nitrogens is 1. The van der Waals surface area contributed by atoms with Crippen LogP contribution in [0.25, 0.3) is 0 Å². The van der Waals surface area contributed by atoms with E-state index in [4.69, 9.17) is 10.5 Å². The Hall–Kier alpha value is -3.52. The molecule has 35 heavy (non-hydrogen) atoms. The Morgan fingerprint density at radius 2 is 1.77 bits per heavy atom. The van der Waals surface area contributed by atoms with E-state index in [0.29, 0.717) is 29.5 Å². The van der Waals surface area contributed by atoms with Crippen molar-refractivity contribution in [3.63, 3.8) is 0 Å². The molecule has 0 radical (unpaired) electrons. The van der Waals surface area contributed by atoms with Gasteiger partial charge in [0.1, 0.15) is 11.3 Å². The van der Waals surface area contributed by atoms with Crippen LogP contribution in [0.3, 0.4) is 0 Å². The third-order valence-corrected chi connectivity index (χ3v) is 5.00. The molecule has 2 rings (SSSR count). The van der Waals surface area contributed by atoms with E-state index in [-0.39, 0.29) is 11.5 Å². The summed E-state index contributed by atoms with van der Waals surface area (Å²) < 4.78 is 5.74. The van der Waals surface area contributed by atoms with Gasteiger partial charge >= 0.3 is 0 Å². The Kier molecular flexibility index (Phi) is 10.1. The van der Waals surface area contributed by atoms with Crippen molar-refractivity contribution in [1.82, 2.24) is 14.8 Å². The van der Waals surface area contributed by atoms with Crippen molar-refractivity contribution < 1.29 is 9.53 Å². The average molecular weight is 481 g/mol. The number of ether oxygens (including phenoxy) is 1. The van der Waals surface area contributed by atoms with Crippen LogP contribution in [0.1, 0.15) is 50.2 Å². The van der Waals surface area contributed by atoms with Gasteiger partial charge in [-0.3, -0.25) is 9.78 Å². The molecule has 0 aliphatic carbocycles. The van der Waals surface area contributed by atoms with Gasteiger partial charge in [-0.2, -0.15) is 0 Å². The first kappa shape index (κ1) is 27.7. The zero-order valence-electron chi connectivity index (χ0n) is 21.9. The first-order valence-corrected chi connectivity index (χ1v) is 11.8. The molecular weight excluding hydrogens is 440 g/mol. The van der Waals surface area contributed by atoms with Crippen LogP contribution in [0.2, 0.25) is 0 Å². The largest absolute Gasteiger partial charge is 0.474 e. The van der Waals surface area contributed by atoms with Crippen LogP contribution < -0.4 is 16.4 Å².